The van der Waals surface area contributed by atoms with Gasteiger partial charge in [0.15, 0.2) is 0 Å². The van der Waals surface area contributed by atoms with E-state index < -0.39 is 17.9 Å². The summed E-state index contributed by atoms with van der Waals surface area (Å²) in [6.07, 6.45) is 0.288. The predicted octanol–water partition coefficient (Wildman–Crippen LogP) is 6.12. The largest absolute Gasteiger partial charge is 0.480 e. The standard InChI is InChI=1S/C30H36N2O5/c1-18(2)15-26(30(35)36)31-28(33)25-14-12-23(29(34)32(19(3)4)20(5)6)17-27(25)37-24-13-11-21-9-7-8-10-22(21)16-24/h7-14,16-20,26H,15H2,1-6H3,(H,31,33)(H,35,36)/t26-/m0/s1. The van der Waals surface area contributed by atoms with Gasteiger partial charge in [-0.25, -0.2) is 4.79 Å². The quantitative estimate of drug-likeness (QED) is 0.347. The molecule has 0 aliphatic rings. The van der Waals surface area contributed by atoms with Gasteiger partial charge in [0, 0.05) is 17.6 Å². The lowest BCUT2D eigenvalue weighted by atomic mass is 10.0. The first-order chi connectivity index (χ1) is 17.5. The van der Waals surface area contributed by atoms with Crippen LogP contribution in [0.3, 0.4) is 0 Å². The molecular formula is C30H36N2O5. The molecule has 3 aromatic carbocycles. The van der Waals surface area contributed by atoms with Crippen molar-refractivity contribution in [1.82, 2.24) is 10.2 Å². The molecule has 0 unspecified atom stereocenters. The average Bonchev–Trinajstić information content (AvgIpc) is 2.82. The first-order valence-electron chi connectivity index (χ1n) is 12.6. The van der Waals surface area contributed by atoms with Crippen LogP contribution in [0.2, 0.25) is 0 Å². The van der Waals surface area contributed by atoms with E-state index in [1.165, 1.54) is 6.07 Å². The Kier molecular flexibility index (Phi) is 8.92. The Bertz CT molecular complexity index is 1270. The van der Waals surface area contributed by atoms with E-state index >= 15 is 0 Å². The molecule has 0 radical (unpaired) electrons. The Labute approximate surface area is 218 Å². The molecule has 7 heteroatoms. The van der Waals surface area contributed by atoms with E-state index in [4.69, 9.17) is 4.74 Å². The Morgan fingerprint density at radius 2 is 1.51 bits per heavy atom. The topological polar surface area (TPSA) is 95.9 Å². The number of ether oxygens (including phenoxy) is 1. The summed E-state index contributed by atoms with van der Waals surface area (Å²) in [6.45, 7) is 11.6. The predicted molar refractivity (Wildman–Crippen MR) is 145 cm³/mol. The molecule has 0 saturated heterocycles. The number of carbonyl (C=O) groups excluding carboxylic acids is 2. The van der Waals surface area contributed by atoms with E-state index in [0.29, 0.717) is 11.3 Å². The van der Waals surface area contributed by atoms with E-state index in [0.717, 1.165) is 10.8 Å². The Balaban J connectivity index is 2.03. The number of benzene rings is 3. The molecule has 0 spiro atoms. The van der Waals surface area contributed by atoms with Crippen molar-refractivity contribution in [3.05, 3.63) is 71.8 Å². The Morgan fingerprint density at radius 3 is 2.11 bits per heavy atom. The second kappa shape index (κ2) is 11.9. The molecule has 1 atom stereocenters. The van der Waals surface area contributed by atoms with E-state index in [2.05, 4.69) is 5.32 Å². The van der Waals surface area contributed by atoms with Crippen molar-refractivity contribution in [2.45, 2.75) is 66.1 Å². The summed E-state index contributed by atoms with van der Waals surface area (Å²) in [7, 11) is 0. The summed E-state index contributed by atoms with van der Waals surface area (Å²) in [5.74, 6) is -1.10. The minimum atomic E-state index is -1.10. The number of carbonyl (C=O) groups is 3. The first-order valence-corrected chi connectivity index (χ1v) is 12.6. The zero-order valence-electron chi connectivity index (χ0n) is 22.3. The highest BCUT2D eigenvalue weighted by Crippen LogP contribution is 2.30. The number of carboxylic acids is 1. The molecule has 0 heterocycles. The molecule has 0 fully saturated rings. The van der Waals surface area contributed by atoms with Gasteiger partial charge in [0.25, 0.3) is 11.8 Å². The summed E-state index contributed by atoms with van der Waals surface area (Å²) in [5, 5.41) is 14.2. The number of carboxylic acid groups (broad SMARTS) is 1. The van der Waals surface area contributed by atoms with Crippen LogP contribution in [-0.4, -0.2) is 45.9 Å². The zero-order valence-corrected chi connectivity index (χ0v) is 22.3. The smallest absolute Gasteiger partial charge is 0.326 e. The van der Waals surface area contributed by atoms with Crippen molar-refractivity contribution in [3.8, 4) is 11.5 Å². The minimum Gasteiger partial charge on any atom is -0.480 e. The Morgan fingerprint density at radius 1 is 0.865 bits per heavy atom. The second-order valence-corrected chi connectivity index (χ2v) is 10.2. The summed E-state index contributed by atoms with van der Waals surface area (Å²) < 4.78 is 6.17. The van der Waals surface area contributed by atoms with Crippen LogP contribution in [0.15, 0.2) is 60.7 Å². The van der Waals surface area contributed by atoms with Crippen molar-refractivity contribution in [2.75, 3.05) is 0 Å². The monoisotopic (exact) mass is 504 g/mol. The van der Waals surface area contributed by atoms with Crippen LogP contribution in [0.25, 0.3) is 10.8 Å². The normalized spacial score (nSPS) is 12.1. The lowest BCUT2D eigenvalue weighted by Gasteiger charge is -2.31. The number of hydrogen-bond acceptors (Lipinski definition) is 4. The molecule has 3 aromatic rings. The molecule has 3 rings (SSSR count). The maximum absolute atomic E-state index is 13.4. The number of amides is 2. The van der Waals surface area contributed by atoms with Gasteiger partial charge < -0.3 is 20.1 Å². The van der Waals surface area contributed by atoms with Gasteiger partial charge in [-0.05, 0) is 81.1 Å². The molecule has 0 aliphatic carbocycles. The first kappa shape index (κ1) is 27.7. The van der Waals surface area contributed by atoms with E-state index in [9.17, 15) is 19.5 Å². The van der Waals surface area contributed by atoms with Gasteiger partial charge in [0.05, 0.1) is 5.56 Å². The molecular weight excluding hydrogens is 468 g/mol. The zero-order chi connectivity index (χ0) is 27.3. The third-order valence-corrected chi connectivity index (χ3v) is 6.08. The lowest BCUT2D eigenvalue weighted by molar-refractivity contribution is -0.139. The molecule has 2 N–H and O–H groups in total. The number of rotatable bonds is 10. The van der Waals surface area contributed by atoms with Crippen LogP contribution >= 0.6 is 0 Å². The number of fused-ring (bicyclic) bond motifs is 1. The van der Waals surface area contributed by atoms with Crippen LogP contribution in [0.5, 0.6) is 11.5 Å². The molecule has 196 valence electrons. The van der Waals surface area contributed by atoms with Crippen LogP contribution in [0.4, 0.5) is 0 Å². The number of nitrogens with one attached hydrogen (secondary N) is 1. The lowest BCUT2D eigenvalue weighted by Crippen LogP contribution is -2.42. The van der Waals surface area contributed by atoms with Crippen molar-refractivity contribution < 1.29 is 24.2 Å². The Hall–Kier alpha value is -3.87. The molecule has 0 aliphatic heterocycles. The number of aliphatic carboxylic acids is 1. The highest BCUT2D eigenvalue weighted by Gasteiger charge is 2.26. The third kappa shape index (κ3) is 6.88. The molecule has 2 amide bonds. The minimum absolute atomic E-state index is 0.0207. The van der Waals surface area contributed by atoms with E-state index in [1.54, 1.807) is 23.1 Å². The number of hydrogen-bond donors (Lipinski definition) is 2. The van der Waals surface area contributed by atoms with Gasteiger partial charge in [-0.2, -0.15) is 0 Å². The van der Waals surface area contributed by atoms with Crippen molar-refractivity contribution in [3.63, 3.8) is 0 Å². The number of nitrogens with zero attached hydrogens (tertiary/aromatic N) is 1. The van der Waals surface area contributed by atoms with Gasteiger partial charge in [0.1, 0.15) is 17.5 Å². The fourth-order valence-corrected chi connectivity index (χ4v) is 4.43. The average molecular weight is 505 g/mol. The van der Waals surface area contributed by atoms with Crippen LogP contribution in [-0.2, 0) is 4.79 Å². The van der Waals surface area contributed by atoms with Gasteiger partial charge >= 0.3 is 5.97 Å². The fourth-order valence-electron chi connectivity index (χ4n) is 4.43. The van der Waals surface area contributed by atoms with Gasteiger partial charge in [0.2, 0.25) is 0 Å². The summed E-state index contributed by atoms with van der Waals surface area (Å²) >= 11 is 0. The fraction of sp³-hybridized carbons (Fsp3) is 0.367. The van der Waals surface area contributed by atoms with Gasteiger partial charge in [-0.3, -0.25) is 9.59 Å². The maximum Gasteiger partial charge on any atom is 0.326 e. The molecule has 37 heavy (non-hydrogen) atoms. The highest BCUT2D eigenvalue weighted by atomic mass is 16.5. The summed E-state index contributed by atoms with van der Waals surface area (Å²) in [6, 6.07) is 17.0. The van der Waals surface area contributed by atoms with Crippen molar-refractivity contribution >= 4 is 28.6 Å². The summed E-state index contributed by atoms with van der Waals surface area (Å²) in [5.41, 5.74) is 0.534. The van der Waals surface area contributed by atoms with Crippen molar-refractivity contribution in [1.29, 1.82) is 0 Å². The second-order valence-electron chi connectivity index (χ2n) is 10.2. The molecule has 0 bridgehead atoms. The molecule has 0 aromatic heterocycles. The van der Waals surface area contributed by atoms with Crippen LogP contribution in [0.1, 0.15) is 68.7 Å². The third-order valence-electron chi connectivity index (χ3n) is 6.08. The van der Waals surface area contributed by atoms with E-state index in [1.807, 2.05) is 77.9 Å². The summed E-state index contributed by atoms with van der Waals surface area (Å²) in [4.78, 5) is 40.1. The van der Waals surface area contributed by atoms with Gasteiger partial charge in [-0.15, -0.1) is 0 Å². The SMILES string of the molecule is CC(C)C[C@H](NC(=O)c1ccc(C(=O)N(C(C)C)C(C)C)cc1Oc1ccc2ccccc2c1)C(=O)O. The van der Waals surface area contributed by atoms with Gasteiger partial charge in [-0.1, -0.05) is 44.2 Å². The van der Waals surface area contributed by atoms with Crippen LogP contribution in [0, 0.1) is 5.92 Å². The van der Waals surface area contributed by atoms with E-state index in [-0.39, 0.29) is 41.6 Å². The molecule has 7 nitrogen and oxygen atoms in total. The molecule has 0 saturated carbocycles. The van der Waals surface area contributed by atoms with Crippen LogP contribution < -0.4 is 10.1 Å². The van der Waals surface area contributed by atoms with Crippen molar-refractivity contribution in [2.24, 2.45) is 5.92 Å². The highest BCUT2D eigenvalue weighted by molar-refractivity contribution is 6.01. The maximum atomic E-state index is 13.4.